The summed E-state index contributed by atoms with van der Waals surface area (Å²) in [4.78, 5) is 10.6. The Labute approximate surface area is 82.1 Å². The minimum absolute atomic E-state index is 1.11. The SMILES string of the molecule is CC=CC(OP(=O)(OC)OC)C(=O)O. The van der Waals surface area contributed by atoms with Crippen LogP contribution in [0.5, 0.6) is 0 Å². The van der Waals surface area contributed by atoms with Crippen LogP contribution in [0.15, 0.2) is 12.2 Å². The summed E-state index contributed by atoms with van der Waals surface area (Å²) in [6.45, 7) is 1.61. The van der Waals surface area contributed by atoms with E-state index >= 15 is 0 Å². The van der Waals surface area contributed by atoms with Crippen LogP contribution >= 0.6 is 7.82 Å². The van der Waals surface area contributed by atoms with Gasteiger partial charge in [-0.25, -0.2) is 9.36 Å². The number of hydrogen-bond acceptors (Lipinski definition) is 5. The first-order valence-electron chi connectivity index (χ1n) is 3.74. The van der Waals surface area contributed by atoms with Crippen LogP contribution in [0.3, 0.4) is 0 Å². The lowest BCUT2D eigenvalue weighted by Gasteiger charge is -2.16. The molecule has 0 aromatic carbocycles. The minimum atomic E-state index is -3.75. The first kappa shape index (κ1) is 13.3. The van der Waals surface area contributed by atoms with Crippen molar-refractivity contribution in [1.29, 1.82) is 0 Å². The number of hydrogen-bond donors (Lipinski definition) is 1. The van der Waals surface area contributed by atoms with Crippen molar-refractivity contribution >= 4 is 13.8 Å². The molecule has 6 nitrogen and oxygen atoms in total. The Morgan fingerprint density at radius 3 is 2.21 bits per heavy atom. The van der Waals surface area contributed by atoms with E-state index in [4.69, 9.17) is 5.11 Å². The fraction of sp³-hybridized carbons (Fsp3) is 0.571. The van der Waals surface area contributed by atoms with Crippen molar-refractivity contribution in [2.45, 2.75) is 13.0 Å². The highest BCUT2D eigenvalue weighted by Crippen LogP contribution is 2.48. The van der Waals surface area contributed by atoms with E-state index in [1.165, 1.54) is 12.2 Å². The summed E-state index contributed by atoms with van der Waals surface area (Å²) in [5.74, 6) is -1.27. The van der Waals surface area contributed by atoms with E-state index in [0.29, 0.717) is 0 Å². The summed E-state index contributed by atoms with van der Waals surface area (Å²) in [7, 11) is -1.53. The smallest absolute Gasteiger partial charge is 0.475 e. The Morgan fingerprint density at radius 2 is 1.93 bits per heavy atom. The molecule has 0 spiro atoms. The molecule has 1 unspecified atom stereocenters. The van der Waals surface area contributed by atoms with Gasteiger partial charge in [0.2, 0.25) is 0 Å². The first-order chi connectivity index (χ1) is 6.49. The summed E-state index contributed by atoms with van der Waals surface area (Å²) in [5.41, 5.74) is 0. The Hall–Kier alpha value is -0.680. The van der Waals surface area contributed by atoms with E-state index in [9.17, 15) is 9.36 Å². The van der Waals surface area contributed by atoms with Gasteiger partial charge in [0, 0.05) is 14.2 Å². The van der Waals surface area contributed by atoms with E-state index in [1.54, 1.807) is 6.92 Å². The second-order valence-electron chi connectivity index (χ2n) is 2.20. The molecule has 0 radical (unpaired) electrons. The number of rotatable bonds is 6. The lowest BCUT2D eigenvalue weighted by atomic mass is 10.3. The number of allylic oxidation sites excluding steroid dienone is 1. The highest BCUT2D eigenvalue weighted by molar-refractivity contribution is 7.48. The number of phosphoric acid groups is 1. The molecule has 0 bridgehead atoms. The van der Waals surface area contributed by atoms with Gasteiger partial charge in [-0.1, -0.05) is 6.08 Å². The van der Waals surface area contributed by atoms with Gasteiger partial charge in [-0.05, 0) is 13.0 Å². The van der Waals surface area contributed by atoms with Crippen molar-refractivity contribution in [3.63, 3.8) is 0 Å². The molecule has 0 aliphatic rings. The third-order valence-electron chi connectivity index (χ3n) is 1.30. The molecule has 0 heterocycles. The molecule has 82 valence electrons. The molecule has 0 rings (SSSR count). The highest BCUT2D eigenvalue weighted by atomic mass is 31.2. The first-order valence-corrected chi connectivity index (χ1v) is 5.20. The van der Waals surface area contributed by atoms with Crippen LogP contribution < -0.4 is 0 Å². The normalized spacial score (nSPS) is 14.5. The van der Waals surface area contributed by atoms with Crippen molar-refractivity contribution in [2.24, 2.45) is 0 Å². The largest absolute Gasteiger partial charge is 0.479 e. The number of carbonyl (C=O) groups is 1. The van der Waals surface area contributed by atoms with Crippen molar-refractivity contribution in [1.82, 2.24) is 0 Å². The number of carboxylic acids is 1. The maximum Gasteiger partial charge on any atom is 0.475 e. The van der Waals surface area contributed by atoms with Crippen molar-refractivity contribution in [3.8, 4) is 0 Å². The third kappa shape index (κ3) is 4.02. The van der Waals surface area contributed by atoms with Crippen LogP contribution in [-0.2, 0) is 22.9 Å². The molecule has 1 N–H and O–H groups in total. The Bertz CT molecular complexity index is 253. The monoisotopic (exact) mass is 224 g/mol. The fourth-order valence-electron chi connectivity index (χ4n) is 0.637. The molecule has 0 saturated carbocycles. The van der Waals surface area contributed by atoms with Crippen LogP contribution in [0, 0.1) is 0 Å². The van der Waals surface area contributed by atoms with E-state index in [0.717, 1.165) is 14.2 Å². The summed E-state index contributed by atoms with van der Waals surface area (Å²) < 4.78 is 24.9. The van der Waals surface area contributed by atoms with Gasteiger partial charge in [0.25, 0.3) is 0 Å². The molecule has 0 amide bonds. The average Bonchev–Trinajstić information content (AvgIpc) is 2.17. The van der Waals surface area contributed by atoms with E-state index in [2.05, 4.69) is 13.6 Å². The fourth-order valence-corrected chi connectivity index (χ4v) is 1.40. The average molecular weight is 224 g/mol. The predicted octanol–water partition coefficient (Wildman–Crippen LogP) is 1.43. The molecule has 0 aromatic rings. The zero-order valence-corrected chi connectivity index (χ0v) is 9.06. The summed E-state index contributed by atoms with van der Waals surface area (Å²) in [6, 6.07) is 0. The molecule has 14 heavy (non-hydrogen) atoms. The molecule has 0 saturated heterocycles. The lowest BCUT2D eigenvalue weighted by molar-refractivity contribution is -0.143. The molecule has 0 fully saturated rings. The minimum Gasteiger partial charge on any atom is -0.479 e. The predicted molar refractivity (Wildman–Crippen MR) is 48.9 cm³/mol. The van der Waals surface area contributed by atoms with Crippen LogP contribution in [0.4, 0.5) is 0 Å². The molecule has 0 aliphatic carbocycles. The Morgan fingerprint density at radius 1 is 1.43 bits per heavy atom. The molecular weight excluding hydrogens is 211 g/mol. The van der Waals surface area contributed by atoms with E-state index in [-0.39, 0.29) is 0 Å². The molecule has 1 atom stereocenters. The van der Waals surface area contributed by atoms with Crippen LogP contribution in [0.25, 0.3) is 0 Å². The van der Waals surface area contributed by atoms with E-state index < -0.39 is 19.9 Å². The zero-order chi connectivity index (χ0) is 11.2. The standard InChI is InChI=1S/C7H13O6P/c1-4-5-6(7(8)9)13-14(10,11-2)12-3/h4-6H,1-3H3,(H,8,9). The van der Waals surface area contributed by atoms with Crippen LogP contribution in [0.2, 0.25) is 0 Å². The quantitative estimate of drug-likeness (QED) is 0.542. The van der Waals surface area contributed by atoms with Gasteiger partial charge in [-0.3, -0.25) is 13.6 Å². The maximum atomic E-state index is 11.4. The molecular formula is C7H13O6P. The van der Waals surface area contributed by atoms with Crippen LogP contribution in [-0.4, -0.2) is 31.4 Å². The summed E-state index contributed by atoms with van der Waals surface area (Å²) in [6.07, 6.45) is 1.35. The van der Waals surface area contributed by atoms with Crippen molar-refractivity contribution in [2.75, 3.05) is 14.2 Å². The Kier molecular flexibility index (Phi) is 5.64. The van der Waals surface area contributed by atoms with Gasteiger partial charge >= 0.3 is 13.8 Å². The van der Waals surface area contributed by atoms with Gasteiger partial charge < -0.3 is 5.11 Å². The van der Waals surface area contributed by atoms with Gasteiger partial charge in [0.05, 0.1) is 0 Å². The van der Waals surface area contributed by atoms with Gasteiger partial charge in [0.15, 0.2) is 6.10 Å². The van der Waals surface area contributed by atoms with Crippen LogP contribution in [0.1, 0.15) is 6.92 Å². The second kappa shape index (κ2) is 5.93. The highest BCUT2D eigenvalue weighted by Gasteiger charge is 2.30. The molecule has 0 aliphatic heterocycles. The van der Waals surface area contributed by atoms with Gasteiger partial charge in [-0.15, -0.1) is 0 Å². The number of phosphoric ester groups is 1. The van der Waals surface area contributed by atoms with Crippen molar-refractivity contribution < 1.29 is 28.0 Å². The van der Waals surface area contributed by atoms with Crippen molar-refractivity contribution in [3.05, 3.63) is 12.2 Å². The second-order valence-corrected chi connectivity index (χ2v) is 4.04. The Balaban J connectivity index is 4.58. The lowest BCUT2D eigenvalue weighted by Crippen LogP contribution is -2.20. The summed E-state index contributed by atoms with van der Waals surface area (Å²) in [5, 5.41) is 8.65. The molecule has 7 heteroatoms. The van der Waals surface area contributed by atoms with Gasteiger partial charge in [0.1, 0.15) is 0 Å². The molecule has 0 aromatic heterocycles. The third-order valence-corrected chi connectivity index (χ3v) is 2.68. The topological polar surface area (TPSA) is 82.1 Å². The van der Waals surface area contributed by atoms with Gasteiger partial charge in [-0.2, -0.15) is 0 Å². The maximum absolute atomic E-state index is 11.4. The zero-order valence-electron chi connectivity index (χ0n) is 8.17. The number of aliphatic carboxylic acids is 1. The summed E-state index contributed by atoms with van der Waals surface area (Å²) >= 11 is 0. The number of carboxylic acid groups (broad SMARTS) is 1. The van der Waals surface area contributed by atoms with E-state index in [1.807, 2.05) is 0 Å².